The molecule has 0 aliphatic heterocycles. The zero-order valence-corrected chi connectivity index (χ0v) is 39.0. The van der Waals surface area contributed by atoms with Crippen molar-refractivity contribution in [1.82, 2.24) is 0 Å². The second-order valence-electron chi connectivity index (χ2n) is 10.5. The maximum absolute atomic E-state index is 10.7. The molecular weight excluding hydrogens is 1060 g/mol. The molecule has 0 aromatic heterocycles. The Morgan fingerprint density at radius 1 is 0.431 bits per heavy atom. The van der Waals surface area contributed by atoms with Gasteiger partial charge in [-0.3, -0.25) is 16.8 Å². The first-order chi connectivity index (χ1) is 20.0. The van der Waals surface area contributed by atoms with Gasteiger partial charge >= 0.3 is 101 Å². The van der Waals surface area contributed by atoms with Crippen molar-refractivity contribution in [2.45, 2.75) is 74.8 Å². The second kappa shape index (κ2) is 34.3. The molecular formula is C20H54Cl2F11N6O4P2Ru2S4. The molecule has 0 bridgehead atoms. The number of hydrogen-bond acceptors (Lipinski definition) is 10. The van der Waals surface area contributed by atoms with Crippen LogP contribution in [-0.4, -0.2) is 103 Å². The fraction of sp³-hybridized carbons (Fsp3) is 1.00. The minimum Gasteiger partial charge on any atom is -1.00 e. The maximum Gasteiger partial charge on any atom is 2.00 e. The van der Waals surface area contributed by atoms with Crippen molar-refractivity contribution >= 4 is 59.2 Å². The van der Waals surface area contributed by atoms with E-state index in [9.17, 15) is 63.0 Å². The van der Waals surface area contributed by atoms with E-state index in [2.05, 4.69) is 0 Å². The zero-order valence-electron chi connectivity index (χ0n) is 29.0. The van der Waals surface area contributed by atoms with Gasteiger partial charge in [-0.25, -0.2) is 0 Å². The van der Waals surface area contributed by atoms with Crippen molar-refractivity contribution in [2.24, 2.45) is 34.4 Å². The monoisotopic (exact) mass is 1110 g/mol. The van der Waals surface area contributed by atoms with Crippen molar-refractivity contribution < 1.29 is 127 Å². The van der Waals surface area contributed by atoms with Crippen LogP contribution in [0.1, 0.15) is 38.5 Å². The van der Waals surface area contributed by atoms with Gasteiger partial charge in [-0.05, 0) is 38.5 Å². The Bertz CT molecular complexity index is 785. The molecule has 329 valence electrons. The summed E-state index contributed by atoms with van der Waals surface area (Å²) in [6, 6.07) is 1.44. The smallest absolute Gasteiger partial charge is 1.00 e. The third-order valence-electron chi connectivity index (χ3n) is 3.63. The van der Waals surface area contributed by atoms with E-state index < -0.39 is 59.2 Å². The van der Waals surface area contributed by atoms with Crippen LogP contribution in [0, 0.1) is 0 Å². The Kier molecular flexibility index (Phi) is 52.3. The van der Waals surface area contributed by atoms with Gasteiger partial charge in [0.2, 0.25) is 0 Å². The van der Waals surface area contributed by atoms with E-state index in [1.807, 2.05) is 0 Å². The van der Waals surface area contributed by atoms with Crippen LogP contribution in [-0.2, 0) is 82.2 Å². The van der Waals surface area contributed by atoms with E-state index in [0.29, 0.717) is 0 Å². The average Bonchev–Trinajstić information content (AvgIpc) is 2.59. The molecule has 0 unspecified atom stereocenters. The third-order valence-corrected chi connectivity index (χ3v) is 3.63. The summed E-state index contributed by atoms with van der Waals surface area (Å²) in [7, 11) is -21.7. The van der Waals surface area contributed by atoms with Gasteiger partial charge in [0, 0.05) is 129 Å². The summed E-state index contributed by atoms with van der Waals surface area (Å²) in [6.07, 6.45) is 18.7. The number of rotatable bonds is 0. The third kappa shape index (κ3) is 191. The van der Waals surface area contributed by atoms with Crippen molar-refractivity contribution in [2.75, 3.05) is 50.0 Å². The molecule has 0 aromatic rings. The molecule has 2 aliphatic carbocycles. The molecule has 2 aliphatic rings. The molecule has 0 atom stereocenters. The molecule has 0 aromatic carbocycles. The van der Waals surface area contributed by atoms with Crippen LogP contribution in [0.15, 0.2) is 0 Å². The topological polar surface area (TPSA) is 224 Å². The minimum atomic E-state index is -10.7. The van der Waals surface area contributed by atoms with Crippen LogP contribution in [0.25, 0.3) is 0 Å². The number of nitrogens with two attached hydrogens (primary N) is 6. The van der Waals surface area contributed by atoms with Gasteiger partial charge in [-0.2, -0.15) is 0 Å². The number of hydrogen-bond donors (Lipinski definition) is 6. The molecule has 2 rings (SSSR count). The quantitative estimate of drug-likeness (QED) is 0.0950. The van der Waals surface area contributed by atoms with Gasteiger partial charge in [0.15, 0.2) is 0 Å². The van der Waals surface area contributed by atoms with E-state index in [1.54, 1.807) is 50.0 Å². The van der Waals surface area contributed by atoms with E-state index in [1.165, 1.54) is 0 Å². The normalized spacial score (nSPS) is 24.1. The molecule has 0 saturated heterocycles. The predicted octanol–water partition coefficient (Wildman–Crippen LogP) is -1.37. The minimum absolute atomic E-state index is 0. The summed E-state index contributed by atoms with van der Waals surface area (Å²) in [5.41, 5.74) is 33.9. The van der Waals surface area contributed by atoms with Crippen molar-refractivity contribution in [1.29, 1.82) is 0 Å². The second-order valence-corrected chi connectivity index (χ2v) is 19.7. The van der Waals surface area contributed by atoms with Crippen molar-refractivity contribution in [3.63, 3.8) is 0 Å². The molecule has 0 heterocycles. The van der Waals surface area contributed by atoms with E-state index >= 15 is 0 Å². The molecule has 0 spiro atoms. The van der Waals surface area contributed by atoms with Crippen LogP contribution in [0.5, 0.6) is 0 Å². The van der Waals surface area contributed by atoms with Crippen LogP contribution in [0.3, 0.4) is 0 Å². The molecule has 2 fully saturated rings. The first-order valence-corrected chi connectivity index (χ1v) is 24.3. The van der Waals surface area contributed by atoms with E-state index in [0.717, 1.165) is 38.5 Å². The van der Waals surface area contributed by atoms with Gasteiger partial charge in [-0.1, -0.05) is 0 Å². The maximum atomic E-state index is 9.87. The fourth-order valence-electron chi connectivity index (χ4n) is 2.91. The van der Waals surface area contributed by atoms with E-state index in [4.69, 9.17) is 34.4 Å². The Hall–Kier alpha value is 2.28. The molecule has 12 N–H and O–H groups in total. The first-order valence-electron chi connectivity index (χ1n) is 12.7. The average molecular weight is 1110 g/mol. The molecule has 31 heteroatoms. The van der Waals surface area contributed by atoms with Crippen molar-refractivity contribution in [3.8, 4) is 0 Å². The van der Waals surface area contributed by atoms with E-state index in [-0.39, 0.29) is 100 Å². The van der Waals surface area contributed by atoms with Gasteiger partial charge in [0.25, 0.3) is 0 Å². The molecule has 10 nitrogen and oxygen atoms in total. The largest absolute Gasteiger partial charge is 2.00 e. The summed E-state index contributed by atoms with van der Waals surface area (Å²) in [5, 5.41) is 0. The number of halogens is 13. The Labute approximate surface area is 342 Å². The Morgan fingerprint density at radius 2 is 0.471 bits per heavy atom. The van der Waals surface area contributed by atoms with Gasteiger partial charge in [-0.15, -0.1) is 0 Å². The molecule has 1 radical (unpaired) electrons. The van der Waals surface area contributed by atoms with Crippen LogP contribution in [0.4, 0.5) is 46.2 Å². The zero-order chi connectivity index (χ0) is 39.9. The molecule has 51 heavy (non-hydrogen) atoms. The first kappa shape index (κ1) is 77.7. The summed E-state index contributed by atoms with van der Waals surface area (Å²) in [5.74, 6) is 0. The summed E-state index contributed by atoms with van der Waals surface area (Å²) in [6.45, 7) is 0. The molecule has 0 amide bonds. The molecule has 2 saturated carbocycles. The predicted molar refractivity (Wildman–Crippen MR) is 182 cm³/mol. The SMILES string of the molecule is CS(C)=O.CS(C)=O.CS(C)=O.CS(C)=O.FP(F)(F)(F)F.F[P-](F)(F)(F)(F)F.NC1CC(N)CC(N)C1.NC1CC(N)CC(N)C1.[Cl-].[Cl-].[Ru+2].[Ru+]. The Morgan fingerprint density at radius 3 is 0.510 bits per heavy atom. The Balaban J connectivity index is -0.0000000477. The standard InChI is InChI=1S/2C6H15N3.4C2H6OS.2ClH.F6P.F5P.2Ru/c2*7-4-1-5(8)3-6(9)2-4;4*1-4(2)3;;;1-7(2,3,4,5)6;1-6(2,3,4)5;;/h2*4-6H,1-3,7-9H2;4*1-2H3;2*1H;;;;/q;;;;;;;;-1;;+1;+2/p-2. The summed E-state index contributed by atoms with van der Waals surface area (Å²) >= 11 is 0. The van der Waals surface area contributed by atoms with Crippen molar-refractivity contribution in [3.05, 3.63) is 0 Å². The van der Waals surface area contributed by atoms with Gasteiger partial charge in [0.1, 0.15) is 0 Å². The van der Waals surface area contributed by atoms with Crippen LogP contribution < -0.4 is 59.2 Å². The van der Waals surface area contributed by atoms with Crippen LogP contribution in [0.2, 0.25) is 0 Å². The summed E-state index contributed by atoms with van der Waals surface area (Å²) < 4.78 is 147. The van der Waals surface area contributed by atoms with Crippen LogP contribution >= 0.6 is 16.0 Å². The van der Waals surface area contributed by atoms with Gasteiger partial charge in [0.05, 0.1) is 0 Å². The summed E-state index contributed by atoms with van der Waals surface area (Å²) in [4.78, 5) is 0. The fourth-order valence-corrected chi connectivity index (χ4v) is 2.91. The van der Waals surface area contributed by atoms with Gasteiger partial charge < -0.3 is 59.2 Å².